The highest BCUT2D eigenvalue weighted by Gasteiger charge is 2.31. The third-order valence-electron chi connectivity index (χ3n) is 3.76. The maximum atomic E-state index is 13.5. The number of carbonyl (C=O) groups is 2. The van der Waals surface area contributed by atoms with Crippen LogP contribution >= 0.6 is 0 Å². The Morgan fingerprint density at radius 2 is 1.84 bits per heavy atom. The number of nitrogens with zero attached hydrogens (tertiary/aromatic N) is 1. The van der Waals surface area contributed by atoms with E-state index in [1.54, 1.807) is 6.07 Å². The van der Waals surface area contributed by atoms with Crippen molar-refractivity contribution < 1.29 is 22.8 Å². The van der Waals surface area contributed by atoms with Crippen molar-refractivity contribution in [3.8, 4) is 0 Å². The topological polar surface area (TPSA) is 61.4 Å². The van der Waals surface area contributed by atoms with Gasteiger partial charge in [-0.05, 0) is 30.3 Å². The van der Waals surface area contributed by atoms with Gasteiger partial charge in [0.25, 0.3) is 0 Å². The van der Waals surface area contributed by atoms with Crippen molar-refractivity contribution in [1.29, 1.82) is 0 Å². The number of amides is 3. The number of anilines is 2. The van der Waals surface area contributed by atoms with Gasteiger partial charge in [0.1, 0.15) is 17.5 Å². The molecular weight excluding hydrogens is 335 g/mol. The molecule has 130 valence electrons. The molecule has 0 radical (unpaired) electrons. The molecule has 8 heteroatoms. The Balaban J connectivity index is 1.62. The first-order valence-electron chi connectivity index (χ1n) is 7.51. The van der Waals surface area contributed by atoms with Gasteiger partial charge in [-0.1, -0.05) is 6.07 Å². The fourth-order valence-electron chi connectivity index (χ4n) is 2.63. The number of halogens is 3. The Kier molecular flexibility index (Phi) is 4.60. The summed E-state index contributed by atoms with van der Waals surface area (Å²) in [6, 6.07) is 7.12. The maximum absolute atomic E-state index is 13.5. The fourth-order valence-corrected chi connectivity index (χ4v) is 2.63. The quantitative estimate of drug-likeness (QED) is 0.895. The molecule has 0 spiro atoms. The lowest BCUT2D eigenvalue weighted by molar-refractivity contribution is -0.117. The van der Waals surface area contributed by atoms with Gasteiger partial charge in [0.05, 0.1) is 11.7 Å². The Bertz CT molecular complexity index is 829. The SMILES string of the molecule is O=C(Nc1ccc(F)cc1F)N[C@H]1CC(=O)N(c2cccc(F)c2)C1. The zero-order valence-corrected chi connectivity index (χ0v) is 12.9. The highest BCUT2D eigenvalue weighted by molar-refractivity contribution is 5.97. The second kappa shape index (κ2) is 6.84. The van der Waals surface area contributed by atoms with E-state index in [1.165, 1.54) is 23.1 Å². The maximum Gasteiger partial charge on any atom is 0.319 e. The van der Waals surface area contributed by atoms with Gasteiger partial charge >= 0.3 is 6.03 Å². The van der Waals surface area contributed by atoms with Crippen molar-refractivity contribution in [2.24, 2.45) is 0 Å². The van der Waals surface area contributed by atoms with E-state index in [4.69, 9.17) is 0 Å². The second-order valence-corrected chi connectivity index (χ2v) is 5.61. The van der Waals surface area contributed by atoms with Crippen molar-refractivity contribution in [1.82, 2.24) is 5.32 Å². The summed E-state index contributed by atoms with van der Waals surface area (Å²) in [6.07, 6.45) is 0.0375. The van der Waals surface area contributed by atoms with Crippen LogP contribution in [0.2, 0.25) is 0 Å². The average Bonchev–Trinajstić information content (AvgIpc) is 2.90. The van der Waals surface area contributed by atoms with Gasteiger partial charge in [0, 0.05) is 24.7 Å². The molecule has 2 aromatic carbocycles. The van der Waals surface area contributed by atoms with Gasteiger partial charge < -0.3 is 15.5 Å². The van der Waals surface area contributed by atoms with E-state index in [1.807, 2.05) is 0 Å². The van der Waals surface area contributed by atoms with Crippen LogP contribution in [-0.4, -0.2) is 24.5 Å². The number of nitrogens with one attached hydrogen (secondary N) is 2. The monoisotopic (exact) mass is 349 g/mol. The highest BCUT2D eigenvalue weighted by atomic mass is 19.1. The van der Waals surface area contributed by atoms with E-state index in [0.717, 1.165) is 12.1 Å². The highest BCUT2D eigenvalue weighted by Crippen LogP contribution is 2.22. The zero-order chi connectivity index (χ0) is 18.0. The lowest BCUT2D eigenvalue weighted by Crippen LogP contribution is -2.39. The summed E-state index contributed by atoms with van der Waals surface area (Å²) < 4.78 is 39.7. The van der Waals surface area contributed by atoms with Crippen LogP contribution < -0.4 is 15.5 Å². The molecule has 0 unspecified atom stereocenters. The Morgan fingerprint density at radius 1 is 1.08 bits per heavy atom. The Labute approximate surface area is 141 Å². The molecule has 1 atom stereocenters. The molecule has 0 saturated carbocycles. The molecule has 2 aromatic rings. The minimum absolute atomic E-state index is 0.0375. The van der Waals surface area contributed by atoms with Gasteiger partial charge in [-0.15, -0.1) is 0 Å². The Morgan fingerprint density at radius 3 is 2.56 bits per heavy atom. The molecule has 1 saturated heterocycles. The molecule has 1 aliphatic heterocycles. The summed E-state index contributed by atoms with van der Waals surface area (Å²) >= 11 is 0. The Hall–Kier alpha value is -3.03. The zero-order valence-electron chi connectivity index (χ0n) is 12.9. The predicted molar refractivity (Wildman–Crippen MR) is 85.7 cm³/mol. The van der Waals surface area contributed by atoms with Crippen molar-refractivity contribution >= 4 is 23.3 Å². The van der Waals surface area contributed by atoms with E-state index in [9.17, 15) is 22.8 Å². The minimum Gasteiger partial charge on any atom is -0.333 e. The molecule has 0 aromatic heterocycles. The minimum atomic E-state index is -0.904. The van der Waals surface area contributed by atoms with Gasteiger partial charge in [0.15, 0.2) is 0 Å². The summed E-state index contributed by atoms with van der Waals surface area (Å²) in [5.41, 5.74) is 0.226. The number of urea groups is 1. The summed E-state index contributed by atoms with van der Waals surface area (Å²) in [7, 11) is 0. The summed E-state index contributed by atoms with van der Waals surface area (Å²) in [5, 5.41) is 4.81. The van der Waals surface area contributed by atoms with Crippen LogP contribution in [0.3, 0.4) is 0 Å². The largest absolute Gasteiger partial charge is 0.333 e. The first-order valence-corrected chi connectivity index (χ1v) is 7.51. The summed E-state index contributed by atoms with van der Waals surface area (Å²) in [4.78, 5) is 25.4. The first-order chi connectivity index (χ1) is 11.9. The van der Waals surface area contributed by atoms with Crippen LogP contribution in [0.4, 0.5) is 29.3 Å². The molecule has 1 aliphatic rings. The normalized spacial score (nSPS) is 16.8. The second-order valence-electron chi connectivity index (χ2n) is 5.61. The molecule has 25 heavy (non-hydrogen) atoms. The number of hydrogen-bond donors (Lipinski definition) is 2. The van der Waals surface area contributed by atoms with Crippen LogP contribution in [0.5, 0.6) is 0 Å². The molecule has 5 nitrogen and oxygen atoms in total. The van der Waals surface area contributed by atoms with Gasteiger partial charge in [0.2, 0.25) is 5.91 Å². The van der Waals surface area contributed by atoms with E-state index >= 15 is 0 Å². The molecule has 0 aliphatic carbocycles. The average molecular weight is 349 g/mol. The molecule has 1 heterocycles. The van der Waals surface area contributed by atoms with Gasteiger partial charge in [-0.3, -0.25) is 4.79 Å². The third-order valence-corrected chi connectivity index (χ3v) is 3.76. The summed E-state index contributed by atoms with van der Waals surface area (Å²) in [5.74, 6) is -2.38. The molecule has 1 fully saturated rings. The predicted octanol–water partition coefficient (Wildman–Crippen LogP) is 3.03. The molecule has 3 rings (SSSR count). The van der Waals surface area contributed by atoms with Crippen LogP contribution in [0.25, 0.3) is 0 Å². The number of hydrogen-bond acceptors (Lipinski definition) is 2. The van der Waals surface area contributed by atoms with Crippen LogP contribution in [0.1, 0.15) is 6.42 Å². The molecular formula is C17H14F3N3O2. The molecule has 3 amide bonds. The van der Waals surface area contributed by atoms with Crippen LogP contribution in [0.15, 0.2) is 42.5 Å². The lowest BCUT2D eigenvalue weighted by Gasteiger charge is -2.17. The van der Waals surface area contributed by atoms with Crippen molar-refractivity contribution in [2.75, 3.05) is 16.8 Å². The smallest absolute Gasteiger partial charge is 0.319 e. The van der Waals surface area contributed by atoms with E-state index < -0.39 is 29.5 Å². The van der Waals surface area contributed by atoms with Crippen LogP contribution in [-0.2, 0) is 4.79 Å². The van der Waals surface area contributed by atoms with E-state index in [2.05, 4.69) is 10.6 Å². The third kappa shape index (κ3) is 3.90. The number of carbonyl (C=O) groups excluding carboxylic acids is 2. The van der Waals surface area contributed by atoms with Crippen molar-refractivity contribution in [3.63, 3.8) is 0 Å². The van der Waals surface area contributed by atoms with Crippen molar-refractivity contribution in [2.45, 2.75) is 12.5 Å². The van der Waals surface area contributed by atoms with Gasteiger partial charge in [-0.25, -0.2) is 18.0 Å². The lowest BCUT2D eigenvalue weighted by atomic mass is 10.2. The van der Waals surface area contributed by atoms with Crippen molar-refractivity contribution in [3.05, 3.63) is 59.9 Å². The van der Waals surface area contributed by atoms with E-state index in [-0.39, 0.29) is 24.6 Å². The number of rotatable bonds is 3. The summed E-state index contributed by atoms with van der Waals surface area (Å²) in [6.45, 7) is 0.168. The van der Waals surface area contributed by atoms with Crippen LogP contribution in [0, 0.1) is 17.5 Å². The molecule has 0 bridgehead atoms. The van der Waals surface area contributed by atoms with E-state index in [0.29, 0.717) is 11.8 Å². The molecule has 2 N–H and O–H groups in total. The van der Waals surface area contributed by atoms with Gasteiger partial charge in [-0.2, -0.15) is 0 Å². The standard InChI is InChI=1S/C17H14F3N3O2/c18-10-2-1-3-13(6-10)23-9-12(8-16(23)24)21-17(25)22-15-5-4-11(19)7-14(15)20/h1-7,12H,8-9H2,(H2,21,22,25)/t12-/m0/s1. The first kappa shape index (κ1) is 16.8. The number of benzene rings is 2. The fraction of sp³-hybridized carbons (Fsp3) is 0.176.